The second-order valence-corrected chi connectivity index (χ2v) is 5.33. The molecule has 104 valence electrons. The van der Waals surface area contributed by atoms with Gasteiger partial charge in [0.2, 0.25) is 0 Å². The Kier molecular flexibility index (Phi) is 2.87. The maximum absolute atomic E-state index is 14.2. The van der Waals surface area contributed by atoms with E-state index in [1.807, 2.05) is 0 Å². The van der Waals surface area contributed by atoms with Crippen LogP contribution in [0.25, 0.3) is 0 Å². The van der Waals surface area contributed by atoms with E-state index in [9.17, 15) is 13.2 Å². The molecule has 1 atom stereocenters. The standard InChI is InChI=1S/C16H14F3N/c1-9-2-4-13(15(19)14(9)18)16(20)7-6-10-8-11(17)3-5-12(10)16/h2-5,8H,6-7,20H2,1H3. The van der Waals surface area contributed by atoms with Crippen molar-refractivity contribution in [1.29, 1.82) is 0 Å². The summed E-state index contributed by atoms with van der Waals surface area (Å²) in [7, 11) is 0. The van der Waals surface area contributed by atoms with Crippen molar-refractivity contribution in [3.05, 3.63) is 70.0 Å². The van der Waals surface area contributed by atoms with E-state index in [0.29, 0.717) is 18.4 Å². The molecule has 4 heteroatoms. The molecular formula is C16H14F3N. The smallest absolute Gasteiger partial charge is 0.164 e. The van der Waals surface area contributed by atoms with Crippen LogP contribution < -0.4 is 5.73 Å². The van der Waals surface area contributed by atoms with E-state index in [1.54, 1.807) is 6.07 Å². The summed E-state index contributed by atoms with van der Waals surface area (Å²) < 4.78 is 41.2. The average molecular weight is 277 g/mol. The van der Waals surface area contributed by atoms with Gasteiger partial charge in [-0.25, -0.2) is 13.2 Å². The van der Waals surface area contributed by atoms with Crippen LogP contribution in [0.15, 0.2) is 30.3 Å². The van der Waals surface area contributed by atoms with Crippen molar-refractivity contribution >= 4 is 0 Å². The molecule has 0 saturated heterocycles. The third-order valence-corrected chi connectivity index (χ3v) is 4.09. The highest BCUT2D eigenvalue weighted by molar-refractivity contribution is 5.48. The van der Waals surface area contributed by atoms with Crippen molar-refractivity contribution in [2.24, 2.45) is 5.73 Å². The van der Waals surface area contributed by atoms with Crippen molar-refractivity contribution in [3.63, 3.8) is 0 Å². The Morgan fingerprint density at radius 2 is 1.70 bits per heavy atom. The normalized spacial score (nSPS) is 21.1. The van der Waals surface area contributed by atoms with Gasteiger partial charge >= 0.3 is 0 Å². The number of hydrogen-bond donors (Lipinski definition) is 1. The highest BCUT2D eigenvalue weighted by atomic mass is 19.2. The van der Waals surface area contributed by atoms with E-state index in [2.05, 4.69) is 0 Å². The van der Waals surface area contributed by atoms with Crippen molar-refractivity contribution < 1.29 is 13.2 Å². The van der Waals surface area contributed by atoms with E-state index in [-0.39, 0.29) is 16.9 Å². The second-order valence-electron chi connectivity index (χ2n) is 5.33. The lowest BCUT2D eigenvalue weighted by molar-refractivity contribution is 0.448. The Balaban J connectivity index is 2.19. The Hall–Kier alpha value is -1.81. The van der Waals surface area contributed by atoms with Crippen LogP contribution in [0.5, 0.6) is 0 Å². The minimum absolute atomic E-state index is 0.131. The van der Waals surface area contributed by atoms with E-state index < -0.39 is 17.2 Å². The fourth-order valence-electron chi connectivity index (χ4n) is 2.94. The molecule has 0 fully saturated rings. The first-order valence-corrected chi connectivity index (χ1v) is 6.46. The number of fused-ring (bicyclic) bond motifs is 1. The molecule has 3 rings (SSSR count). The Bertz CT molecular complexity index is 696. The first kappa shape index (κ1) is 13.2. The van der Waals surface area contributed by atoms with Gasteiger partial charge in [0.1, 0.15) is 5.82 Å². The molecule has 1 nitrogen and oxygen atoms in total. The van der Waals surface area contributed by atoms with Crippen LogP contribution in [-0.4, -0.2) is 0 Å². The zero-order valence-corrected chi connectivity index (χ0v) is 11.0. The minimum Gasteiger partial charge on any atom is -0.318 e. The Morgan fingerprint density at radius 3 is 2.45 bits per heavy atom. The lowest BCUT2D eigenvalue weighted by Crippen LogP contribution is -2.36. The zero-order chi connectivity index (χ0) is 14.5. The number of benzene rings is 2. The maximum Gasteiger partial charge on any atom is 0.164 e. The highest BCUT2D eigenvalue weighted by Crippen LogP contribution is 2.41. The molecular weight excluding hydrogens is 263 g/mol. The summed E-state index contributed by atoms with van der Waals surface area (Å²) in [5, 5.41) is 0. The number of nitrogens with two attached hydrogens (primary N) is 1. The van der Waals surface area contributed by atoms with Gasteiger partial charge in [-0.2, -0.15) is 0 Å². The first-order chi connectivity index (χ1) is 9.43. The predicted molar refractivity (Wildman–Crippen MR) is 70.8 cm³/mol. The number of aryl methyl sites for hydroxylation is 2. The van der Waals surface area contributed by atoms with E-state index in [4.69, 9.17) is 5.73 Å². The van der Waals surface area contributed by atoms with E-state index >= 15 is 0 Å². The summed E-state index contributed by atoms with van der Waals surface area (Å²) in [4.78, 5) is 0. The maximum atomic E-state index is 14.2. The fourth-order valence-corrected chi connectivity index (χ4v) is 2.94. The van der Waals surface area contributed by atoms with Gasteiger partial charge in [-0.1, -0.05) is 18.2 Å². The van der Waals surface area contributed by atoms with Gasteiger partial charge in [0, 0.05) is 5.56 Å². The molecule has 2 aromatic carbocycles. The SMILES string of the molecule is Cc1ccc(C2(N)CCc3cc(F)ccc32)c(F)c1F. The monoisotopic (exact) mass is 277 g/mol. The molecule has 2 N–H and O–H groups in total. The number of halogens is 3. The van der Waals surface area contributed by atoms with Crippen LogP contribution in [-0.2, 0) is 12.0 Å². The first-order valence-electron chi connectivity index (χ1n) is 6.46. The summed E-state index contributed by atoms with van der Waals surface area (Å²) in [5.41, 5.74) is 7.04. The van der Waals surface area contributed by atoms with Crippen molar-refractivity contribution in [3.8, 4) is 0 Å². The highest BCUT2D eigenvalue weighted by Gasteiger charge is 2.39. The molecule has 0 amide bonds. The largest absolute Gasteiger partial charge is 0.318 e. The van der Waals surface area contributed by atoms with Crippen LogP contribution in [0.2, 0.25) is 0 Å². The van der Waals surface area contributed by atoms with Crippen LogP contribution in [0.4, 0.5) is 13.2 Å². The summed E-state index contributed by atoms with van der Waals surface area (Å²) in [5.74, 6) is -2.13. The molecule has 20 heavy (non-hydrogen) atoms. The number of hydrogen-bond acceptors (Lipinski definition) is 1. The van der Waals surface area contributed by atoms with Gasteiger partial charge in [-0.3, -0.25) is 0 Å². The quantitative estimate of drug-likeness (QED) is 0.847. The minimum atomic E-state index is -1.10. The molecule has 2 aromatic rings. The van der Waals surface area contributed by atoms with Gasteiger partial charge < -0.3 is 5.73 Å². The molecule has 0 radical (unpaired) electrons. The topological polar surface area (TPSA) is 26.0 Å². The summed E-state index contributed by atoms with van der Waals surface area (Å²) in [6.07, 6.45) is 0.990. The molecule has 0 spiro atoms. The fraction of sp³-hybridized carbons (Fsp3) is 0.250. The molecule has 0 bridgehead atoms. The lowest BCUT2D eigenvalue weighted by atomic mass is 9.84. The van der Waals surface area contributed by atoms with Crippen LogP contribution in [0.3, 0.4) is 0 Å². The van der Waals surface area contributed by atoms with Crippen molar-refractivity contribution in [1.82, 2.24) is 0 Å². The van der Waals surface area contributed by atoms with Crippen LogP contribution in [0.1, 0.15) is 28.7 Å². The summed E-state index contributed by atoms with van der Waals surface area (Å²) >= 11 is 0. The van der Waals surface area contributed by atoms with Crippen molar-refractivity contribution in [2.45, 2.75) is 25.3 Å². The third-order valence-electron chi connectivity index (χ3n) is 4.09. The van der Waals surface area contributed by atoms with Crippen LogP contribution in [0, 0.1) is 24.4 Å². The molecule has 0 heterocycles. The van der Waals surface area contributed by atoms with Crippen LogP contribution >= 0.6 is 0 Å². The lowest BCUT2D eigenvalue weighted by Gasteiger charge is -2.27. The molecule has 1 aliphatic carbocycles. The molecule has 0 aliphatic heterocycles. The second kappa shape index (κ2) is 4.35. The van der Waals surface area contributed by atoms with Gasteiger partial charge in [-0.15, -0.1) is 0 Å². The average Bonchev–Trinajstić information content (AvgIpc) is 2.74. The molecule has 0 aromatic heterocycles. The molecule has 1 unspecified atom stereocenters. The Labute approximate surface area is 115 Å². The van der Waals surface area contributed by atoms with E-state index in [0.717, 1.165) is 5.56 Å². The molecule has 0 saturated carbocycles. The van der Waals surface area contributed by atoms with Gasteiger partial charge in [0.05, 0.1) is 5.54 Å². The third kappa shape index (κ3) is 1.75. The molecule has 1 aliphatic rings. The van der Waals surface area contributed by atoms with Gasteiger partial charge in [0.25, 0.3) is 0 Å². The number of rotatable bonds is 1. The summed E-state index contributed by atoms with van der Waals surface area (Å²) in [6.45, 7) is 1.50. The summed E-state index contributed by atoms with van der Waals surface area (Å²) in [6, 6.07) is 7.31. The zero-order valence-electron chi connectivity index (χ0n) is 11.0. The van der Waals surface area contributed by atoms with Gasteiger partial charge in [0.15, 0.2) is 11.6 Å². The predicted octanol–water partition coefficient (Wildman–Crippen LogP) is 3.56. The van der Waals surface area contributed by atoms with Crippen molar-refractivity contribution in [2.75, 3.05) is 0 Å². The van der Waals surface area contributed by atoms with E-state index in [1.165, 1.54) is 31.2 Å². The van der Waals surface area contributed by atoms with Gasteiger partial charge in [-0.05, 0) is 48.6 Å². The Morgan fingerprint density at radius 1 is 1.00 bits per heavy atom.